The lowest BCUT2D eigenvalue weighted by molar-refractivity contribution is 0.0950. The molecule has 0 saturated heterocycles. The van der Waals surface area contributed by atoms with E-state index in [4.69, 9.17) is 0 Å². The Labute approximate surface area is 126 Å². The van der Waals surface area contributed by atoms with E-state index in [9.17, 15) is 9.18 Å². The Morgan fingerprint density at radius 2 is 1.90 bits per heavy atom. The fourth-order valence-electron chi connectivity index (χ4n) is 2.02. The minimum absolute atomic E-state index is 0.220. The first-order chi connectivity index (χ1) is 9.61. The molecule has 20 heavy (non-hydrogen) atoms. The Kier molecular flexibility index (Phi) is 4.90. The molecule has 1 N–H and O–H groups in total. The van der Waals surface area contributed by atoms with Gasteiger partial charge >= 0.3 is 0 Å². The topological polar surface area (TPSA) is 29.1 Å². The summed E-state index contributed by atoms with van der Waals surface area (Å²) < 4.78 is 13.5. The first-order valence-corrected chi connectivity index (χ1v) is 7.21. The highest BCUT2D eigenvalue weighted by Gasteiger charge is 2.11. The smallest absolute Gasteiger partial charge is 0.252 e. The zero-order valence-corrected chi connectivity index (χ0v) is 12.7. The number of hydrogen-bond donors (Lipinski definition) is 1. The SMILES string of the molecule is CCc1ccccc1CNC(=O)c1ccc(F)cc1Br. The maximum absolute atomic E-state index is 13.0. The molecule has 0 aliphatic rings. The molecule has 0 bridgehead atoms. The zero-order chi connectivity index (χ0) is 14.5. The van der Waals surface area contributed by atoms with E-state index < -0.39 is 0 Å². The second-order valence-electron chi connectivity index (χ2n) is 4.43. The standard InChI is InChI=1S/C16H15BrFNO/c1-2-11-5-3-4-6-12(11)10-19-16(20)14-8-7-13(18)9-15(14)17/h3-9H,2,10H2,1H3,(H,19,20). The van der Waals surface area contributed by atoms with Crippen molar-refractivity contribution in [2.45, 2.75) is 19.9 Å². The minimum Gasteiger partial charge on any atom is -0.348 e. The molecule has 104 valence electrons. The lowest BCUT2D eigenvalue weighted by atomic mass is 10.1. The molecular formula is C16H15BrFNO. The second-order valence-corrected chi connectivity index (χ2v) is 5.28. The van der Waals surface area contributed by atoms with Crippen molar-refractivity contribution in [1.29, 1.82) is 0 Å². The predicted octanol–water partition coefficient (Wildman–Crippen LogP) is 4.08. The first-order valence-electron chi connectivity index (χ1n) is 6.42. The van der Waals surface area contributed by atoms with Crippen LogP contribution in [0.25, 0.3) is 0 Å². The van der Waals surface area contributed by atoms with E-state index in [1.807, 2.05) is 18.2 Å². The molecule has 4 heteroatoms. The van der Waals surface area contributed by atoms with Crippen LogP contribution in [0.3, 0.4) is 0 Å². The van der Waals surface area contributed by atoms with Crippen LogP contribution >= 0.6 is 15.9 Å². The largest absolute Gasteiger partial charge is 0.348 e. The molecule has 0 aliphatic carbocycles. The highest BCUT2D eigenvalue weighted by atomic mass is 79.9. The molecule has 2 aromatic carbocycles. The van der Waals surface area contributed by atoms with E-state index in [1.165, 1.54) is 23.8 Å². The van der Waals surface area contributed by atoms with E-state index >= 15 is 0 Å². The normalized spacial score (nSPS) is 10.3. The van der Waals surface area contributed by atoms with Crippen molar-refractivity contribution in [3.63, 3.8) is 0 Å². The van der Waals surface area contributed by atoms with Crippen molar-refractivity contribution in [3.8, 4) is 0 Å². The number of nitrogens with one attached hydrogen (secondary N) is 1. The van der Waals surface area contributed by atoms with Crippen LogP contribution in [-0.4, -0.2) is 5.91 Å². The van der Waals surface area contributed by atoms with Crippen molar-refractivity contribution in [2.75, 3.05) is 0 Å². The molecular weight excluding hydrogens is 321 g/mol. The summed E-state index contributed by atoms with van der Waals surface area (Å²) in [6.07, 6.45) is 0.923. The quantitative estimate of drug-likeness (QED) is 0.896. The van der Waals surface area contributed by atoms with Crippen LogP contribution in [-0.2, 0) is 13.0 Å². The summed E-state index contributed by atoms with van der Waals surface area (Å²) in [5.41, 5.74) is 2.74. The van der Waals surface area contributed by atoms with Gasteiger partial charge in [-0.15, -0.1) is 0 Å². The number of hydrogen-bond acceptors (Lipinski definition) is 1. The van der Waals surface area contributed by atoms with E-state index in [-0.39, 0.29) is 11.7 Å². The lowest BCUT2D eigenvalue weighted by Crippen LogP contribution is -2.23. The van der Waals surface area contributed by atoms with Crippen LogP contribution in [0.5, 0.6) is 0 Å². The van der Waals surface area contributed by atoms with Crippen LogP contribution in [0.15, 0.2) is 46.9 Å². The van der Waals surface area contributed by atoms with Gasteiger partial charge in [-0.3, -0.25) is 4.79 Å². The Balaban J connectivity index is 2.09. The Hall–Kier alpha value is -1.68. The number of rotatable bonds is 4. The van der Waals surface area contributed by atoms with Gasteiger partial charge in [0, 0.05) is 11.0 Å². The van der Waals surface area contributed by atoms with Gasteiger partial charge in [-0.1, -0.05) is 31.2 Å². The molecule has 0 aliphatic heterocycles. The van der Waals surface area contributed by atoms with E-state index in [1.54, 1.807) is 0 Å². The lowest BCUT2D eigenvalue weighted by Gasteiger charge is -2.10. The van der Waals surface area contributed by atoms with Gasteiger partial charge in [-0.25, -0.2) is 4.39 Å². The first kappa shape index (κ1) is 14.7. The third kappa shape index (κ3) is 3.45. The average Bonchev–Trinajstić information content (AvgIpc) is 2.45. The summed E-state index contributed by atoms with van der Waals surface area (Å²) >= 11 is 3.20. The summed E-state index contributed by atoms with van der Waals surface area (Å²) in [7, 11) is 0. The highest BCUT2D eigenvalue weighted by molar-refractivity contribution is 9.10. The molecule has 2 nitrogen and oxygen atoms in total. The summed E-state index contributed by atoms with van der Waals surface area (Å²) in [6, 6.07) is 12.0. The molecule has 0 aromatic heterocycles. The maximum Gasteiger partial charge on any atom is 0.252 e. The van der Waals surface area contributed by atoms with Gasteiger partial charge in [0.2, 0.25) is 0 Å². The molecule has 1 amide bonds. The summed E-state index contributed by atoms with van der Waals surface area (Å²) in [6.45, 7) is 2.55. The van der Waals surface area contributed by atoms with Gasteiger partial charge in [0.25, 0.3) is 5.91 Å². The Morgan fingerprint density at radius 3 is 2.55 bits per heavy atom. The molecule has 0 saturated carbocycles. The van der Waals surface area contributed by atoms with Gasteiger partial charge in [0.15, 0.2) is 0 Å². The number of halogens is 2. The van der Waals surface area contributed by atoms with Crippen LogP contribution in [0, 0.1) is 5.82 Å². The number of carbonyl (C=O) groups excluding carboxylic acids is 1. The number of benzene rings is 2. The molecule has 0 atom stereocenters. The average molecular weight is 336 g/mol. The third-order valence-corrected chi connectivity index (χ3v) is 3.77. The predicted molar refractivity (Wildman–Crippen MR) is 81.1 cm³/mol. The molecule has 0 unspecified atom stereocenters. The van der Waals surface area contributed by atoms with Gasteiger partial charge in [0.1, 0.15) is 5.82 Å². The van der Waals surface area contributed by atoms with Gasteiger partial charge < -0.3 is 5.32 Å². The van der Waals surface area contributed by atoms with Crippen LogP contribution in [0.1, 0.15) is 28.4 Å². The van der Waals surface area contributed by atoms with Crippen LogP contribution in [0.2, 0.25) is 0 Å². The van der Waals surface area contributed by atoms with Gasteiger partial charge in [-0.05, 0) is 51.7 Å². The molecule has 0 fully saturated rings. The summed E-state index contributed by atoms with van der Waals surface area (Å²) in [5, 5.41) is 2.86. The van der Waals surface area contributed by atoms with E-state index in [2.05, 4.69) is 34.2 Å². The third-order valence-electron chi connectivity index (χ3n) is 3.11. The fraction of sp³-hybridized carbons (Fsp3) is 0.188. The second kappa shape index (κ2) is 6.66. The Bertz CT molecular complexity index is 628. The van der Waals surface area contributed by atoms with Crippen molar-refractivity contribution in [1.82, 2.24) is 5.32 Å². The molecule has 2 rings (SSSR count). The molecule has 0 radical (unpaired) electrons. The fourth-order valence-corrected chi connectivity index (χ4v) is 2.55. The molecule has 2 aromatic rings. The monoisotopic (exact) mass is 335 g/mol. The molecule has 0 heterocycles. The van der Waals surface area contributed by atoms with E-state index in [0.717, 1.165) is 12.0 Å². The highest BCUT2D eigenvalue weighted by Crippen LogP contribution is 2.18. The van der Waals surface area contributed by atoms with Crippen LogP contribution in [0.4, 0.5) is 4.39 Å². The van der Waals surface area contributed by atoms with Crippen molar-refractivity contribution < 1.29 is 9.18 Å². The van der Waals surface area contributed by atoms with Crippen molar-refractivity contribution in [2.24, 2.45) is 0 Å². The van der Waals surface area contributed by atoms with Gasteiger partial charge in [-0.2, -0.15) is 0 Å². The van der Waals surface area contributed by atoms with E-state index in [0.29, 0.717) is 16.6 Å². The number of amides is 1. The molecule has 0 spiro atoms. The maximum atomic E-state index is 13.0. The van der Waals surface area contributed by atoms with Crippen molar-refractivity contribution in [3.05, 3.63) is 69.4 Å². The zero-order valence-electron chi connectivity index (χ0n) is 11.1. The number of aryl methyl sites for hydroxylation is 1. The summed E-state index contributed by atoms with van der Waals surface area (Å²) in [5.74, 6) is -0.590. The minimum atomic E-state index is -0.371. The Morgan fingerprint density at radius 1 is 1.20 bits per heavy atom. The van der Waals surface area contributed by atoms with Crippen LogP contribution < -0.4 is 5.32 Å². The number of carbonyl (C=O) groups is 1. The summed E-state index contributed by atoms with van der Waals surface area (Å²) in [4.78, 5) is 12.1. The van der Waals surface area contributed by atoms with Crippen molar-refractivity contribution >= 4 is 21.8 Å². The van der Waals surface area contributed by atoms with Gasteiger partial charge in [0.05, 0.1) is 5.56 Å².